The molecule has 2 heterocycles. The molecule has 0 radical (unpaired) electrons. The molecule has 7 nitrogen and oxygen atoms in total. The standard InChI is InChI=1S/C27H25N5O2S/c1-18-8-3-5-12-22(18)26(34)28-21-11-7-10-20(16-21)25-29-30-27(31(25)2)35-17-24(33)32-15-14-19-9-4-6-13-23(19)32/h3-13,16H,14-15,17H2,1-2H3,(H,28,34). The van der Waals surface area contributed by atoms with Gasteiger partial charge in [0, 0.05) is 36.1 Å². The van der Waals surface area contributed by atoms with Crippen molar-refractivity contribution < 1.29 is 9.59 Å². The Bertz CT molecular complexity index is 1410. The third kappa shape index (κ3) is 4.70. The zero-order valence-electron chi connectivity index (χ0n) is 19.6. The van der Waals surface area contributed by atoms with Gasteiger partial charge in [-0.05, 0) is 48.7 Å². The average Bonchev–Trinajstić information content (AvgIpc) is 3.46. The Balaban J connectivity index is 1.27. The number of nitrogens with one attached hydrogen (secondary N) is 1. The van der Waals surface area contributed by atoms with Gasteiger partial charge in [-0.15, -0.1) is 10.2 Å². The van der Waals surface area contributed by atoms with Crippen LogP contribution in [0.25, 0.3) is 11.4 Å². The number of carbonyl (C=O) groups excluding carboxylic acids is 2. The van der Waals surface area contributed by atoms with Gasteiger partial charge in [0.25, 0.3) is 5.91 Å². The predicted molar refractivity (Wildman–Crippen MR) is 139 cm³/mol. The van der Waals surface area contributed by atoms with Crippen molar-refractivity contribution in [1.82, 2.24) is 14.8 Å². The Morgan fingerprint density at radius 1 is 1.00 bits per heavy atom. The maximum Gasteiger partial charge on any atom is 0.255 e. The number of aromatic nitrogens is 3. The van der Waals surface area contributed by atoms with Gasteiger partial charge in [0.05, 0.1) is 5.75 Å². The number of carbonyl (C=O) groups is 2. The first kappa shape index (κ1) is 22.9. The highest BCUT2D eigenvalue weighted by Gasteiger charge is 2.24. The number of para-hydroxylation sites is 1. The van der Waals surface area contributed by atoms with Crippen LogP contribution in [-0.4, -0.2) is 38.9 Å². The van der Waals surface area contributed by atoms with E-state index >= 15 is 0 Å². The Morgan fingerprint density at radius 2 is 1.80 bits per heavy atom. The summed E-state index contributed by atoms with van der Waals surface area (Å²) < 4.78 is 1.87. The molecule has 1 N–H and O–H groups in total. The second-order valence-corrected chi connectivity index (χ2v) is 9.37. The summed E-state index contributed by atoms with van der Waals surface area (Å²) in [5, 5.41) is 12.3. The third-order valence-corrected chi connectivity index (χ3v) is 7.12. The molecule has 0 spiro atoms. The van der Waals surface area contributed by atoms with Crippen molar-refractivity contribution >= 4 is 35.0 Å². The maximum absolute atomic E-state index is 12.9. The zero-order valence-corrected chi connectivity index (χ0v) is 20.4. The Hall–Kier alpha value is -3.91. The summed E-state index contributed by atoms with van der Waals surface area (Å²) in [6, 6.07) is 23.0. The minimum atomic E-state index is -0.156. The van der Waals surface area contributed by atoms with Gasteiger partial charge in [0.1, 0.15) is 0 Å². The van der Waals surface area contributed by atoms with Crippen molar-refractivity contribution in [2.24, 2.45) is 7.05 Å². The molecule has 0 fully saturated rings. The van der Waals surface area contributed by atoms with Crippen LogP contribution < -0.4 is 10.2 Å². The lowest BCUT2D eigenvalue weighted by molar-refractivity contribution is -0.116. The number of rotatable bonds is 6. The Morgan fingerprint density at radius 3 is 2.66 bits per heavy atom. The molecule has 8 heteroatoms. The fourth-order valence-electron chi connectivity index (χ4n) is 4.26. The van der Waals surface area contributed by atoms with Gasteiger partial charge < -0.3 is 14.8 Å². The fourth-order valence-corrected chi connectivity index (χ4v) is 5.04. The van der Waals surface area contributed by atoms with Gasteiger partial charge in [-0.1, -0.05) is 60.3 Å². The highest BCUT2D eigenvalue weighted by molar-refractivity contribution is 7.99. The van der Waals surface area contributed by atoms with Crippen LogP contribution in [0.2, 0.25) is 0 Å². The van der Waals surface area contributed by atoms with Crippen LogP contribution >= 0.6 is 11.8 Å². The molecule has 0 unspecified atom stereocenters. The van der Waals surface area contributed by atoms with E-state index in [-0.39, 0.29) is 17.6 Å². The third-order valence-electron chi connectivity index (χ3n) is 6.12. The van der Waals surface area contributed by atoms with Crippen LogP contribution in [0.1, 0.15) is 21.5 Å². The Labute approximate surface area is 208 Å². The summed E-state index contributed by atoms with van der Waals surface area (Å²) in [6.45, 7) is 2.63. The lowest BCUT2D eigenvalue weighted by atomic mass is 10.1. The summed E-state index contributed by atoms with van der Waals surface area (Å²) in [4.78, 5) is 27.4. The smallest absolute Gasteiger partial charge is 0.255 e. The van der Waals surface area contributed by atoms with Gasteiger partial charge in [0.2, 0.25) is 5.91 Å². The van der Waals surface area contributed by atoms with E-state index in [0.717, 1.165) is 23.2 Å². The molecule has 0 bridgehead atoms. The number of hydrogen-bond acceptors (Lipinski definition) is 5. The van der Waals surface area contributed by atoms with E-state index in [1.165, 1.54) is 17.3 Å². The first-order valence-electron chi connectivity index (χ1n) is 11.4. The molecule has 2 amide bonds. The molecule has 3 aromatic carbocycles. The van der Waals surface area contributed by atoms with E-state index < -0.39 is 0 Å². The van der Waals surface area contributed by atoms with E-state index in [2.05, 4.69) is 21.6 Å². The van der Waals surface area contributed by atoms with Crippen LogP contribution in [0.5, 0.6) is 0 Å². The van der Waals surface area contributed by atoms with Gasteiger partial charge >= 0.3 is 0 Å². The average molecular weight is 484 g/mol. The number of benzene rings is 3. The topological polar surface area (TPSA) is 80.1 Å². The van der Waals surface area contributed by atoms with Gasteiger partial charge in [-0.3, -0.25) is 9.59 Å². The molecular weight excluding hydrogens is 458 g/mol. The molecule has 1 aromatic heterocycles. The van der Waals surface area contributed by atoms with Crippen LogP contribution in [0, 0.1) is 6.92 Å². The first-order valence-corrected chi connectivity index (χ1v) is 12.4. The highest BCUT2D eigenvalue weighted by atomic mass is 32.2. The summed E-state index contributed by atoms with van der Waals surface area (Å²) in [5.41, 5.74) is 5.27. The number of amides is 2. The normalized spacial score (nSPS) is 12.5. The van der Waals surface area contributed by atoms with E-state index in [1.807, 2.05) is 90.2 Å². The lowest BCUT2D eigenvalue weighted by Crippen LogP contribution is -2.30. The molecule has 1 aliphatic heterocycles. The van der Waals surface area contributed by atoms with Crippen molar-refractivity contribution in [3.05, 3.63) is 89.5 Å². The van der Waals surface area contributed by atoms with Crippen LogP contribution in [0.3, 0.4) is 0 Å². The second kappa shape index (κ2) is 9.76. The Kier molecular flexibility index (Phi) is 6.37. The first-order chi connectivity index (χ1) is 17.0. The van der Waals surface area contributed by atoms with E-state index in [1.54, 1.807) is 0 Å². The lowest BCUT2D eigenvalue weighted by Gasteiger charge is -2.16. The molecule has 176 valence electrons. The van der Waals surface area contributed by atoms with Crippen molar-refractivity contribution in [2.45, 2.75) is 18.5 Å². The SMILES string of the molecule is Cc1ccccc1C(=O)Nc1cccc(-c2nnc(SCC(=O)N3CCc4ccccc43)n2C)c1. The molecule has 1 aliphatic rings. The molecule has 4 aromatic rings. The summed E-state index contributed by atoms with van der Waals surface area (Å²) in [7, 11) is 1.88. The number of anilines is 2. The van der Waals surface area contributed by atoms with Crippen molar-refractivity contribution in [3.63, 3.8) is 0 Å². The summed E-state index contributed by atoms with van der Waals surface area (Å²) in [6.07, 6.45) is 0.886. The molecule has 5 rings (SSSR count). The van der Waals surface area contributed by atoms with E-state index in [9.17, 15) is 9.59 Å². The van der Waals surface area contributed by atoms with Gasteiger partial charge in [-0.25, -0.2) is 0 Å². The summed E-state index contributed by atoms with van der Waals surface area (Å²) in [5.74, 6) is 0.854. The van der Waals surface area contributed by atoms with Crippen LogP contribution in [-0.2, 0) is 18.3 Å². The molecule has 0 saturated heterocycles. The molecule has 0 atom stereocenters. The molecule has 0 saturated carbocycles. The number of nitrogens with zero attached hydrogens (tertiary/aromatic N) is 4. The highest BCUT2D eigenvalue weighted by Crippen LogP contribution is 2.29. The number of hydrogen-bond donors (Lipinski definition) is 1. The van der Waals surface area contributed by atoms with Gasteiger partial charge in [0.15, 0.2) is 11.0 Å². The predicted octanol–water partition coefficient (Wildman–Crippen LogP) is 4.72. The molecule has 35 heavy (non-hydrogen) atoms. The fraction of sp³-hybridized carbons (Fsp3) is 0.185. The monoisotopic (exact) mass is 483 g/mol. The van der Waals surface area contributed by atoms with Crippen molar-refractivity contribution in [3.8, 4) is 11.4 Å². The molecule has 0 aliphatic carbocycles. The van der Waals surface area contributed by atoms with Crippen molar-refractivity contribution in [2.75, 3.05) is 22.5 Å². The zero-order chi connectivity index (χ0) is 24.4. The quantitative estimate of drug-likeness (QED) is 0.401. The largest absolute Gasteiger partial charge is 0.322 e. The minimum absolute atomic E-state index is 0.0606. The number of fused-ring (bicyclic) bond motifs is 1. The van der Waals surface area contributed by atoms with E-state index in [0.29, 0.717) is 28.8 Å². The minimum Gasteiger partial charge on any atom is -0.322 e. The molecular formula is C27H25N5O2S. The van der Waals surface area contributed by atoms with Crippen LogP contribution in [0.4, 0.5) is 11.4 Å². The van der Waals surface area contributed by atoms with Gasteiger partial charge in [-0.2, -0.15) is 0 Å². The van der Waals surface area contributed by atoms with E-state index in [4.69, 9.17) is 0 Å². The number of thioether (sulfide) groups is 1. The van der Waals surface area contributed by atoms with Crippen molar-refractivity contribution in [1.29, 1.82) is 0 Å². The number of aryl methyl sites for hydroxylation is 1. The summed E-state index contributed by atoms with van der Waals surface area (Å²) >= 11 is 1.37. The van der Waals surface area contributed by atoms with Crippen LogP contribution in [0.15, 0.2) is 78.0 Å². The second-order valence-electron chi connectivity index (χ2n) is 8.43. The maximum atomic E-state index is 12.9.